The highest BCUT2D eigenvalue weighted by Crippen LogP contribution is 2.30. The minimum Gasteiger partial charge on any atom is -0.465 e. The van der Waals surface area contributed by atoms with E-state index in [0.29, 0.717) is 0 Å². The van der Waals surface area contributed by atoms with E-state index in [4.69, 9.17) is 21.6 Å². The summed E-state index contributed by atoms with van der Waals surface area (Å²) >= 11 is 0. The molecule has 2 rings (SSSR count). The Morgan fingerprint density at radius 2 is 2.20 bits per heavy atom. The highest BCUT2D eigenvalue weighted by Gasteiger charge is 2.45. The molecule has 1 fully saturated rings. The first-order valence-electron chi connectivity index (χ1n) is 7.77. The van der Waals surface area contributed by atoms with Crippen molar-refractivity contribution < 1.29 is 24.5 Å². The van der Waals surface area contributed by atoms with Crippen LogP contribution in [0.2, 0.25) is 0 Å². The Balaban J connectivity index is 2.16. The molecule has 1 saturated heterocycles. The van der Waals surface area contributed by atoms with E-state index in [2.05, 4.69) is 10.9 Å². The summed E-state index contributed by atoms with van der Waals surface area (Å²) in [6.45, 7) is 4.01. The molecule has 2 heterocycles. The number of anilines is 1. The molecule has 136 valence electrons. The summed E-state index contributed by atoms with van der Waals surface area (Å²) in [6, 6.07) is 0. The second kappa shape index (κ2) is 7.65. The molecule has 0 aliphatic carbocycles. The minimum atomic E-state index is -1.45. The van der Waals surface area contributed by atoms with Gasteiger partial charge in [0.25, 0.3) is 0 Å². The molecule has 0 spiro atoms. The number of carbonyl (C=O) groups is 1. The van der Waals surface area contributed by atoms with Gasteiger partial charge in [0, 0.05) is 6.20 Å². The van der Waals surface area contributed by atoms with E-state index >= 15 is 0 Å². The smallest absolute Gasteiger partial charge is 0.351 e. The van der Waals surface area contributed by atoms with E-state index in [1.165, 1.54) is 6.20 Å². The second-order valence-corrected chi connectivity index (χ2v) is 6.20. The summed E-state index contributed by atoms with van der Waals surface area (Å²) in [5.74, 6) is 1.74. The second-order valence-electron chi connectivity index (χ2n) is 6.20. The number of aromatic nitrogens is 2. The van der Waals surface area contributed by atoms with Crippen LogP contribution < -0.4 is 11.4 Å². The van der Waals surface area contributed by atoms with Gasteiger partial charge in [-0.25, -0.2) is 4.79 Å². The van der Waals surface area contributed by atoms with E-state index in [9.17, 15) is 19.8 Å². The summed E-state index contributed by atoms with van der Waals surface area (Å²) in [5, 5.41) is 20.3. The van der Waals surface area contributed by atoms with Crippen LogP contribution in [0.4, 0.5) is 5.82 Å². The molecule has 0 saturated carbocycles. The van der Waals surface area contributed by atoms with Crippen molar-refractivity contribution in [3.63, 3.8) is 0 Å². The maximum Gasteiger partial charge on any atom is 0.351 e. The van der Waals surface area contributed by atoms with E-state index < -0.39 is 36.2 Å². The summed E-state index contributed by atoms with van der Waals surface area (Å²) in [4.78, 5) is 27.3. The van der Waals surface area contributed by atoms with Gasteiger partial charge in [-0.05, 0) is 5.92 Å². The number of terminal acetylenes is 1. The Morgan fingerprint density at radius 1 is 1.52 bits per heavy atom. The SMILES string of the molecule is C#Cc1cn([C@@H]2O[C@H](CC(=O)OCC(C)C)[C@@H](O)[C@H]2O)c(=O)nc1N. The van der Waals surface area contributed by atoms with Gasteiger partial charge in [-0.1, -0.05) is 19.8 Å². The first-order valence-corrected chi connectivity index (χ1v) is 7.77. The average Bonchev–Trinajstić information content (AvgIpc) is 2.81. The molecule has 0 aromatic carbocycles. The highest BCUT2D eigenvalue weighted by molar-refractivity contribution is 5.70. The first-order chi connectivity index (χ1) is 11.7. The number of rotatable bonds is 5. The van der Waals surface area contributed by atoms with Gasteiger partial charge in [-0.3, -0.25) is 9.36 Å². The van der Waals surface area contributed by atoms with Crippen molar-refractivity contribution in [3.05, 3.63) is 22.2 Å². The predicted molar refractivity (Wildman–Crippen MR) is 87.2 cm³/mol. The van der Waals surface area contributed by atoms with E-state index in [1.54, 1.807) is 0 Å². The molecule has 0 amide bonds. The highest BCUT2D eigenvalue weighted by atomic mass is 16.6. The van der Waals surface area contributed by atoms with Gasteiger partial charge in [-0.15, -0.1) is 6.42 Å². The van der Waals surface area contributed by atoms with Gasteiger partial charge in [0.05, 0.1) is 24.7 Å². The minimum absolute atomic E-state index is 0.120. The molecule has 0 bridgehead atoms. The fraction of sp³-hybridized carbons (Fsp3) is 0.562. The molecule has 9 nitrogen and oxygen atoms in total. The van der Waals surface area contributed by atoms with Crippen molar-refractivity contribution in [1.82, 2.24) is 9.55 Å². The Bertz CT molecular complexity index is 738. The van der Waals surface area contributed by atoms with Gasteiger partial charge in [0.15, 0.2) is 6.23 Å². The van der Waals surface area contributed by atoms with Crippen molar-refractivity contribution in [2.24, 2.45) is 5.92 Å². The molecule has 1 aliphatic rings. The fourth-order valence-corrected chi connectivity index (χ4v) is 2.39. The maximum absolute atomic E-state index is 12.0. The normalized spacial score (nSPS) is 25.8. The number of aliphatic hydroxyl groups is 2. The van der Waals surface area contributed by atoms with Crippen LogP contribution in [0.1, 0.15) is 32.1 Å². The van der Waals surface area contributed by atoms with Gasteiger partial charge < -0.3 is 25.4 Å². The van der Waals surface area contributed by atoms with Crippen LogP contribution in [0.25, 0.3) is 0 Å². The van der Waals surface area contributed by atoms with Crippen LogP contribution in [-0.2, 0) is 14.3 Å². The van der Waals surface area contributed by atoms with Crippen LogP contribution in [-0.4, -0.2) is 50.7 Å². The standard InChI is InChI=1S/C16H21N3O6/c1-4-9-6-19(16(23)18-14(9)17)15-13(22)12(21)10(25-15)5-11(20)24-7-8(2)3/h1,6,8,10,12-13,15,21-22H,5,7H2,2-3H3,(H2,17,18,23)/t10-,12-,13-,15-/m1/s1. The number of nitrogens with zero attached hydrogens (tertiary/aromatic N) is 2. The summed E-state index contributed by atoms with van der Waals surface area (Å²) < 4.78 is 11.5. The third kappa shape index (κ3) is 4.17. The van der Waals surface area contributed by atoms with Gasteiger partial charge >= 0.3 is 11.7 Å². The lowest BCUT2D eigenvalue weighted by Gasteiger charge is -2.17. The van der Waals surface area contributed by atoms with Crippen molar-refractivity contribution in [2.45, 2.75) is 44.8 Å². The van der Waals surface area contributed by atoms with E-state index in [-0.39, 0.29) is 30.3 Å². The molecular weight excluding hydrogens is 330 g/mol. The monoisotopic (exact) mass is 351 g/mol. The van der Waals surface area contributed by atoms with E-state index in [0.717, 1.165) is 4.57 Å². The lowest BCUT2D eigenvalue weighted by atomic mass is 10.1. The number of nitrogen functional groups attached to an aromatic ring is 1. The maximum atomic E-state index is 12.0. The molecule has 1 aliphatic heterocycles. The lowest BCUT2D eigenvalue weighted by molar-refractivity contribution is -0.149. The molecular formula is C16H21N3O6. The van der Waals surface area contributed by atoms with Gasteiger partial charge in [-0.2, -0.15) is 4.98 Å². The largest absolute Gasteiger partial charge is 0.465 e. The van der Waals surface area contributed by atoms with Gasteiger partial charge in [0.1, 0.15) is 18.0 Å². The predicted octanol–water partition coefficient (Wildman–Crippen LogP) is -0.985. The number of ether oxygens (including phenoxy) is 2. The number of aliphatic hydroxyl groups excluding tert-OH is 2. The van der Waals surface area contributed by atoms with Crippen molar-refractivity contribution in [1.29, 1.82) is 0 Å². The number of carbonyl (C=O) groups excluding carboxylic acids is 1. The van der Waals surface area contributed by atoms with Crippen LogP contribution in [0.15, 0.2) is 11.0 Å². The molecule has 1 aromatic heterocycles. The summed E-state index contributed by atoms with van der Waals surface area (Å²) in [6.07, 6.45) is 1.13. The molecule has 25 heavy (non-hydrogen) atoms. The summed E-state index contributed by atoms with van der Waals surface area (Å²) in [7, 11) is 0. The van der Waals surface area contributed by atoms with E-state index in [1.807, 2.05) is 13.8 Å². The summed E-state index contributed by atoms with van der Waals surface area (Å²) in [5.41, 5.74) is 4.88. The number of nitrogens with two attached hydrogens (primary N) is 1. The van der Waals surface area contributed by atoms with Crippen LogP contribution in [0.3, 0.4) is 0 Å². The topological polar surface area (TPSA) is 137 Å². The Labute approximate surface area is 144 Å². The quantitative estimate of drug-likeness (QED) is 0.454. The Kier molecular flexibility index (Phi) is 5.79. The third-order valence-electron chi connectivity index (χ3n) is 3.69. The van der Waals surface area contributed by atoms with Crippen molar-refractivity contribution >= 4 is 11.8 Å². The van der Waals surface area contributed by atoms with Crippen LogP contribution in [0.5, 0.6) is 0 Å². The average molecular weight is 351 g/mol. The number of hydrogen-bond donors (Lipinski definition) is 3. The molecule has 4 N–H and O–H groups in total. The third-order valence-corrected chi connectivity index (χ3v) is 3.69. The van der Waals surface area contributed by atoms with Crippen LogP contribution in [0, 0.1) is 18.3 Å². The first kappa shape index (κ1) is 18.9. The molecule has 4 atom stereocenters. The zero-order valence-corrected chi connectivity index (χ0v) is 14.0. The number of hydrogen-bond acceptors (Lipinski definition) is 8. The molecule has 0 unspecified atom stereocenters. The zero-order chi connectivity index (χ0) is 18.7. The molecule has 1 aromatic rings. The lowest BCUT2D eigenvalue weighted by Crippen LogP contribution is -2.36. The van der Waals surface area contributed by atoms with Gasteiger partial charge in [0.2, 0.25) is 0 Å². The zero-order valence-electron chi connectivity index (χ0n) is 14.0. The molecule has 9 heteroatoms. The Morgan fingerprint density at radius 3 is 2.80 bits per heavy atom. The fourth-order valence-electron chi connectivity index (χ4n) is 2.39. The van der Waals surface area contributed by atoms with Crippen LogP contribution >= 0.6 is 0 Å². The van der Waals surface area contributed by atoms with Crippen molar-refractivity contribution in [2.75, 3.05) is 12.3 Å². The Hall–Kier alpha value is -2.41. The molecule has 0 radical (unpaired) electrons. The number of esters is 1. The van der Waals surface area contributed by atoms with Crippen molar-refractivity contribution in [3.8, 4) is 12.3 Å².